The van der Waals surface area contributed by atoms with E-state index in [0.717, 1.165) is 4.90 Å². The van der Waals surface area contributed by atoms with Gasteiger partial charge >= 0.3 is 0 Å². The van der Waals surface area contributed by atoms with Crippen LogP contribution in [0.25, 0.3) is 0 Å². The molecule has 1 aliphatic rings. The van der Waals surface area contributed by atoms with E-state index in [1.807, 2.05) is 18.2 Å². The first-order chi connectivity index (χ1) is 15.4. The first-order valence-electron chi connectivity index (χ1n) is 10.5. The van der Waals surface area contributed by atoms with E-state index in [1.54, 1.807) is 32.9 Å². The van der Waals surface area contributed by atoms with E-state index < -0.39 is 10.0 Å². The summed E-state index contributed by atoms with van der Waals surface area (Å²) < 4.78 is 44.1. The minimum atomic E-state index is -3.75. The van der Waals surface area contributed by atoms with Crippen molar-refractivity contribution < 1.29 is 27.4 Å². The van der Waals surface area contributed by atoms with Gasteiger partial charge in [0.15, 0.2) is 11.5 Å². The Morgan fingerprint density at radius 1 is 1.06 bits per heavy atom. The Hall–Kier alpha value is -2.43. The van der Waals surface area contributed by atoms with Crippen LogP contribution >= 0.6 is 11.8 Å². The van der Waals surface area contributed by atoms with Crippen molar-refractivity contribution in [3.05, 3.63) is 36.4 Å². The van der Waals surface area contributed by atoms with Gasteiger partial charge in [0.05, 0.1) is 12.4 Å². The summed E-state index contributed by atoms with van der Waals surface area (Å²) >= 11 is 1.35. The van der Waals surface area contributed by atoms with Crippen molar-refractivity contribution in [1.82, 2.24) is 4.31 Å². The number of nitrogens with one attached hydrogen (secondary N) is 1. The van der Waals surface area contributed by atoms with Gasteiger partial charge < -0.3 is 19.5 Å². The maximum absolute atomic E-state index is 13.1. The lowest BCUT2D eigenvalue weighted by Crippen LogP contribution is -2.31. The molecule has 2 aromatic rings. The summed E-state index contributed by atoms with van der Waals surface area (Å²) in [7, 11) is -3.75. The van der Waals surface area contributed by atoms with Crippen LogP contribution in [0.2, 0.25) is 0 Å². The van der Waals surface area contributed by atoms with E-state index in [4.69, 9.17) is 14.2 Å². The molecule has 0 saturated heterocycles. The number of hydrogen-bond donors (Lipinski definition) is 1. The van der Waals surface area contributed by atoms with Gasteiger partial charge in [0.1, 0.15) is 23.9 Å². The maximum Gasteiger partial charge on any atom is 0.246 e. The Kier molecular flexibility index (Phi) is 8.27. The standard InChI is InChI=1S/C22H28N2O6S2/c1-4-24(5-2)32(26,27)21-13-16(7-9-19(21)28-6-3)23-22(25)15-31-17-8-10-18-20(14-17)30-12-11-29-18/h7-10,13-14H,4-6,11-12,15H2,1-3H3,(H,23,25). The molecular formula is C22H28N2O6S2. The van der Waals surface area contributed by atoms with Crippen LogP contribution in [-0.4, -0.2) is 57.3 Å². The zero-order valence-electron chi connectivity index (χ0n) is 18.4. The summed E-state index contributed by atoms with van der Waals surface area (Å²) in [6.07, 6.45) is 0. The largest absolute Gasteiger partial charge is 0.492 e. The van der Waals surface area contributed by atoms with Gasteiger partial charge in [0.2, 0.25) is 15.9 Å². The summed E-state index contributed by atoms with van der Waals surface area (Å²) in [5, 5.41) is 2.78. The summed E-state index contributed by atoms with van der Waals surface area (Å²) in [5.74, 6) is 1.54. The van der Waals surface area contributed by atoms with Crippen molar-refractivity contribution in [2.75, 3.05) is 44.0 Å². The number of fused-ring (bicyclic) bond motifs is 1. The first kappa shape index (κ1) is 24.2. The average molecular weight is 481 g/mol. The molecule has 1 N–H and O–H groups in total. The molecule has 0 radical (unpaired) electrons. The van der Waals surface area contributed by atoms with Crippen LogP contribution in [-0.2, 0) is 14.8 Å². The van der Waals surface area contributed by atoms with Gasteiger partial charge in [0, 0.05) is 23.7 Å². The lowest BCUT2D eigenvalue weighted by atomic mass is 10.3. The number of ether oxygens (including phenoxy) is 3. The quantitative estimate of drug-likeness (QED) is 0.519. The van der Waals surface area contributed by atoms with Gasteiger partial charge in [-0.05, 0) is 43.3 Å². The molecule has 174 valence electrons. The topological polar surface area (TPSA) is 94.2 Å². The number of carbonyl (C=O) groups excluding carboxylic acids is 1. The predicted octanol–water partition coefficient (Wildman–Crippen LogP) is 3.62. The zero-order valence-corrected chi connectivity index (χ0v) is 20.1. The molecule has 1 aliphatic heterocycles. The average Bonchev–Trinajstić information content (AvgIpc) is 2.79. The number of hydrogen-bond acceptors (Lipinski definition) is 7. The number of sulfonamides is 1. The van der Waals surface area contributed by atoms with E-state index in [1.165, 1.54) is 22.1 Å². The van der Waals surface area contributed by atoms with Crippen LogP contribution in [0.4, 0.5) is 5.69 Å². The highest BCUT2D eigenvalue weighted by molar-refractivity contribution is 8.00. The third kappa shape index (κ3) is 5.67. The molecule has 0 aliphatic carbocycles. The smallest absolute Gasteiger partial charge is 0.246 e. The van der Waals surface area contributed by atoms with Gasteiger partial charge in [-0.25, -0.2) is 8.42 Å². The molecule has 0 spiro atoms. The number of rotatable bonds is 10. The number of carbonyl (C=O) groups is 1. The van der Waals surface area contributed by atoms with Crippen molar-refractivity contribution in [2.45, 2.75) is 30.6 Å². The fraction of sp³-hybridized carbons (Fsp3) is 0.409. The molecule has 2 aromatic carbocycles. The SMILES string of the molecule is CCOc1ccc(NC(=O)CSc2ccc3c(c2)OCCO3)cc1S(=O)(=O)N(CC)CC. The molecule has 0 saturated carbocycles. The van der Waals surface area contributed by atoms with E-state index in [9.17, 15) is 13.2 Å². The van der Waals surface area contributed by atoms with E-state index in [0.29, 0.717) is 50.1 Å². The molecule has 1 amide bonds. The van der Waals surface area contributed by atoms with Gasteiger partial charge in [-0.2, -0.15) is 4.31 Å². The second-order valence-corrected chi connectivity index (χ2v) is 9.78. The van der Waals surface area contributed by atoms with Crippen molar-refractivity contribution >= 4 is 33.4 Å². The molecular weight excluding hydrogens is 452 g/mol. The molecule has 8 nitrogen and oxygen atoms in total. The van der Waals surface area contributed by atoms with Crippen LogP contribution in [0, 0.1) is 0 Å². The minimum absolute atomic E-state index is 0.0420. The lowest BCUT2D eigenvalue weighted by Gasteiger charge is -2.21. The van der Waals surface area contributed by atoms with Gasteiger partial charge in [-0.1, -0.05) is 13.8 Å². The normalized spacial score (nSPS) is 13.1. The Morgan fingerprint density at radius 3 is 2.47 bits per heavy atom. The molecule has 0 aromatic heterocycles. The fourth-order valence-electron chi connectivity index (χ4n) is 3.22. The van der Waals surface area contributed by atoms with Crippen molar-refractivity contribution in [3.8, 4) is 17.2 Å². The van der Waals surface area contributed by atoms with E-state index >= 15 is 0 Å². The lowest BCUT2D eigenvalue weighted by molar-refractivity contribution is -0.113. The van der Waals surface area contributed by atoms with Crippen molar-refractivity contribution in [3.63, 3.8) is 0 Å². The summed E-state index contributed by atoms with van der Waals surface area (Å²) in [6.45, 7) is 7.38. The van der Waals surface area contributed by atoms with Gasteiger partial charge in [-0.15, -0.1) is 11.8 Å². The molecule has 32 heavy (non-hydrogen) atoms. The number of benzene rings is 2. The summed E-state index contributed by atoms with van der Waals surface area (Å²) in [4.78, 5) is 13.4. The Balaban J connectivity index is 1.72. The van der Waals surface area contributed by atoms with Crippen LogP contribution < -0.4 is 19.5 Å². The minimum Gasteiger partial charge on any atom is -0.492 e. The first-order valence-corrected chi connectivity index (χ1v) is 12.9. The third-order valence-corrected chi connectivity index (χ3v) is 7.80. The van der Waals surface area contributed by atoms with Crippen LogP contribution in [0.15, 0.2) is 46.2 Å². The number of nitrogens with zero attached hydrogens (tertiary/aromatic N) is 1. The van der Waals surface area contributed by atoms with Crippen LogP contribution in [0.5, 0.6) is 17.2 Å². The van der Waals surface area contributed by atoms with Crippen LogP contribution in [0.1, 0.15) is 20.8 Å². The molecule has 1 heterocycles. The molecule has 0 atom stereocenters. The number of anilines is 1. The second-order valence-electron chi connectivity index (χ2n) is 6.83. The van der Waals surface area contributed by atoms with E-state index in [-0.39, 0.29) is 22.3 Å². The highest BCUT2D eigenvalue weighted by atomic mass is 32.2. The molecule has 3 rings (SSSR count). The zero-order chi connectivity index (χ0) is 23.1. The fourth-order valence-corrected chi connectivity index (χ4v) is 5.56. The Bertz CT molecular complexity index is 1050. The highest BCUT2D eigenvalue weighted by Gasteiger charge is 2.26. The molecule has 10 heteroatoms. The molecule has 0 bridgehead atoms. The van der Waals surface area contributed by atoms with Gasteiger partial charge in [0.25, 0.3) is 0 Å². The van der Waals surface area contributed by atoms with Crippen LogP contribution in [0.3, 0.4) is 0 Å². The predicted molar refractivity (Wildman–Crippen MR) is 125 cm³/mol. The Labute approximate surface area is 193 Å². The number of thioether (sulfide) groups is 1. The second kappa shape index (κ2) is 10.9. The van der Waals surface area contributed by atoms with Crippen molar-refractivity contribution in [2.24, 2.45) is 0 Å². The number of amides is 1. The molecule has 0 fully saturated rings. The van der Waals surface area contributed by atoms with E-state index in [2.05, 4.69) is 5.32 Å². The maximum atomic E-state index is 13.1. The summed E-state index contributed by atoms with van der Waals surface area (Å²) in [5.41, 5.74) is 0.395. The Morgan fingerprint density at radius 2 is 1.78 bits per heavy atom. The monoisotopic (exact) mass is 480 g/mol. The molecule has 0 unspecified atom stereocenters. The third-order valence-electron chi connectivity index (χ3n) is 4.73. The van der Waals surface area contributed by atoms with Crippen molar-refractivity contribution in [1.29, 1.82) is 0 Å². The summed E-state index contributed by atoms with van der Waals surface area (Å²) in [6, 6.07) is 10.2. The van der Waals surface area contributed by atoms with Gasteiger partial charge in [-0.3, -0.25) is 4.79 Å². The highest BCUT2D eigenvalue weighted by Crippen LogP contribution is 2.34.